The maximum atomic E-state index is 10.2. The largest absolute Gasteiger partial charge is 0.481 e. The van der Waals surface area contributed by atoms with Gasteiger partial charge in [-0.3, -0.25) is 4.79 Å². The van der Waals surface area contributed by atoms with E-state index in [0.717, 1.165) is 12.0 Å². The Hall–Kier alpha value is -0.790. The van der Waals surface area contributed by atoms with Gasteiger partial charge in [0.1, 0.15) is 0 Å². The van der Waals surface area contributed by atoms with Crippen molar-refractivity contribution in [2.45, 2.75) is 33.6 Å². The fourth-order valence-corrected chi connectivity index (χ4v) is 1.03. The Balaban J connectivity index is 3.80. The van der Waals surface area contributed by atoms with Crippen LogP contribution < -0.4 is 0 Å². The molecule has 1 N–H and O–H groups in total. The minimum atomic E-state index is -0.792. The smallest absolute Gasteiger partial charge is 0.307 e. The number of carboxylic acids is 1. The molecule has 11 heavy (non-hydrogen) atoms. The van der Waals surface area contributed by atoms with Gasteiger partial charge in [-0.2, -0.15) is 0 Å². The Morgan fingerprint density at radius 3 is 2.18 bits per heavy atom. The van der Waals surface area contributed by atoms with Gasteiger partial charge in [-0.1, -0.05) is 32.9 Å². The molecule has 0 aliphatic heterocycles. The molecule has 2 heteroatoms. The number of carbonyl (C=O) groups is 1. The molecule has 0 spiro atoms. The summed E-state index contributed by atoms with van der Waals surface area (Å²) in [5.41, 5.74) is 0.942. The summed E-state index contributed by atoms with van der Waals surface area (Å²) >= 11 is 0. The summed E-state index contributed by atoms with van der Waals surface area (Å²) in [6.45, 7) is 9.91. The summed E-state index contributed by atoms with van der Waals surface area (Å²) in [4.78, 5) is 10.2. The number of aliphatic carboxylic acids is 1. The van der Waals surface area contributed by atoms with E-state index in [1.807, 2.05) is 0 Å². The normalized spacial score (nSPS) is 11.2. The molecule has 0 aliphatic rings. The maximum Gasteiger partial charge on any atom is 0.307 e. The summed E-state index contributed by atoms with van der Waals surface area (Å²) in [6.07, 6.45) is 0.872. The van der Waals surface area contributed by atoms with Crippen molar-refractivity contribution in [1.29, 1.82) is 0 Å². The highest BCUT2D eigenvalue weighted by Crippen LogP contribution is 2.24. The standard InChI is InChI=1S/C9H16O2/c1-7(5-8(10)11)6-9(2,3)4/h1,5-6H2,2-4H3,(H,10,11). The van der Waals surface area contributed by atoms with Crippen LogP contribution in [0.2, 0.25) is 0 Å². The van der Waals surface area contributed by atoms with Crippen molar-refractivity contribution < 1.29 is 9.90 Å². The van der Waals surface area contributed by atoms with Gasteiger partial charge in [-0.05, 0) is 11.8 Å². The molecule has 0 bridgehead atoms. The molecule has 0 fully saturated rings. The van der Waals surface area contributed by atoms with E-state index in [1.54, 1.807) is 0 Å². The van der Waals surface area contributed by atoms with Crippen LogP contribution in [0.1, 0.15) is 33.6 Å². The zero-order valence-electron chi connectivity index (χ0n) is 7.48. The van der Waals surface area contributed by atoms with E-state index in [1.165, 1.54) is 0 Å². The first kappa shape index (κ1) is 10.2. The number of hydrogen-bond acceptors (Lipinski definition) is 1. The van der Waals surface area contributed by atoms with Gasteiger partial charge in [-0.25, -0.2) is 0 Å². The minimum Gasteiger partial charge on any atom is -0.481 e. The zero-order chi connectivity index (χ0) is 9.07. The zero-order valence-corrected chi connectivity index (χ0v) is 7.48. The van der Waals surface area contributed by atoms with Crippen molar-refractivity contribution in [3.63, 3.8) is 0 Å². The van der Waals surface area contributed by atoms with E-state index in [4.69, 9.17) is 5.11 Å². The summed E-state index contributed by atoms with van der Waals surface area (Å²) in [5, 5.41) is 8.42. The molecule has 0 saturated heterocycles. The molecule has 0 amide bonds. The Kier molecular flexibility index (Phi) is 3.30. The number of carboxylic acid groups (broad SMARTS) is 1. The third kappa shape index (κ3) is 7.10. The quantitative estimate of drug-likeness (QED) is 0.637. The van der Waals surface area contributed by atoms with E-state index >= 15 is 0 Å². The first-order valence-electron chi connectivity index (χ1n) is 3.70. The lowest BCUT2D eigenvalue weighted by atomic mass is 9.87. The SMILES string of the molecule is C=C(CC(=O)O)CC(C)(C)C. The van der Waals surface area contributed by atoms with Crippen LogP contribution in [0, 0.1) is 5.41 Å². The average Bonchev–Trinajstić information content (AvgIpc) is 1.53. The molecule has 0 heterocycles. The van der Waals surface area contributed by atoms with E-state index in [9.17, 15) is 4.79 Å². The van der Waals surface area contributed by atoms with Crippen LogP contribution in [-0.4, -0.2) is 11.1 Å². The summed E-state index contributed by atoms with van der Waals surface area (Å²) in [7, 11) is 0. The van der Waals surface area contributed by atoms with Crippen LogP contribution in [0.15, 0.2) is 12.2 Å². The summed E-state index contributed by atoms with van der Waals surface area (Å²) in [5.74, 6) is -0.792. The topological polar surface area (TPSA) is 37.3 Å². The van der Waals surface area contributed by atoms with Crippen LogP contribution in [0.5, 0.6) is 0 Å². The molecule has 0 atom stereocenters. The van der Waals surface area contributed by atoms with Crippen molar-refractivity contribution in [3.8, 4) is 0 Å². The van der Waals surface area contributed by atoms with Crippen molar-refractivity contribution in [3.05, 3.63) is 12.2 Å². The van der Waals surface area contributed by atoms with Gasteiger partial charge < -0.3 is 5.11 Å². The van der Waals surface area contributed by atoms with Gasteiger partial charge in [0.05, 0.1) is 6.42 Å². The number of rotatable bonds is 3. The van der Waals surface area contributed by atoms with Crippen molar-refractivity contribution in [2.24, 2.45) is 5.41 Å². The molecule has 0 aromatic rings. The van der Waals surface area contributed by atoms with Gasteiger partial charge in [0.2, 0.25) is 0 Å². The predicted octanol–water partition coefficient (Wildman–Crippen LogP) is 2.45. The Bertz CT molecular complexity index is 163. The molecule has 0 rings (SSSR count). The van der Waals surface area contributed by atoms with Crippen molar-refractivity contribution >= 4 is 5.97 Å². The van der Waals surface area contributed by atoms with Crippen molar-refractivity contribution in [2.75, 3.05) is 0 Å². The molecule has 2 nitrogen and oxygen atoms in total. The van der Waals surface area contributed by atoms with Gasteiger partial charge in [0.25, 0.3) is 0 Å². The lowest BCUT2D eigenvalue weighted by molar-refractivity contribution is -0.136. The third-order valence-electron chi connectivity index (χ3n) is 1.18. The maximum absolute atomic E-state index is 10.2. The second-order valence-electron chi connectivity index (χ2n) is 4.06. The Morgan fingerprint density at radius 1 is 1.45 bits per heavy atom. The van der Waals surface area contributed by atoms with Crippen LogP contribution in [0.3, 0.4) is 0 Å². The molecular weight excluding hydrogens is 140 g/mol. The van der Waals surface area contributed by atoms with Gasteiger partial charge >= 0.3 is 5.97 Å². The minimum absolute atomic E-state index is 0.0945. The number of hydrogen-bond donors (Lipinski definition) is 1. The lowest BCUT2D eigenvalue weighted by Gasteiger charge is -2.18. The molecule has 0 radical (unpaired) electrons. The molecule has 0 unspecified atom stereocenters. The van der Waals surface area contributed by atoms with Crippen LogP contribution >= 0.6 is 0 Å². The second-order valence-corrected chi connectivity index (χ2v) is 4.06. The van der Waals surface area contributed by atoms with Gasteiger partial charge in [0, 0.05) is 0 Å². The first-order valence-corrected chi connectivity index (χ1v) is 3.70. The first-order chi connectivity index (χ1) is 4.81. The summed E-state index contributed by atoms with van der Waals surface area (Å²) in [6, 6.07) is 0. The van der Waals surface area contributed by atoms with Gasteiger partial charge in [-0.15, -0.1) is 0 Å². The Morgan fingerprint density at radius 2 is 1.91 bits per heavy atom. The van der Waals surface area contributed by atoms with Crippen molar-refractivity contribution in [1.82, 2.24) is 0 Å². The molecular formula is C9H16O2. The highest BCUT2D eigenvalue weighted by Gasteiger charge is 2.13. The predicted molar refractivity (Wildman–Crippen MR) is 45.5 cm³/mol. The van der Waals surface area contributed by atoms with E-state index < -0.39 is 5.97 Å². The molecule has 0 saturated carbocycles. The highest BCUT2D eigenvalue weighted by molar-refractivity contribution is 5.69. The Labute approximate surface area is 67.9 Å². The fraction of sp³-hybridized carbons (Fsp3) is 0.667. The van der Waals surface area contributed by atoms with Gasteiger partial charge in [0.15, 0.2) is 0 Å². The lowest BCUT2D eigenvalue weighted by Crippen LogP contribution is -2.08. The molecule has 64 valence electrons. The van der Waals surface area contributed by atoms with Crippen LogP contribution in [0.4, 0.5) is 0 Å². The molecule has 0 aromatic heterocycles. The van der Waals surface area contributed by atoms with E-state index in [0.29, 0.717) is 0 Å². The third-order valence-corrected chi connectivity index (χ3v) is 1.18. The van der Waals surface area contributed by atoms with Crippen LogP contribution in [0.25, 0.3) is 0 Å². The van der Waals surface area contributed by atoms with Crippen LogP contribution in [-0.2, 0) is 4.79 Å². The van der Waals surface area contributed by atoms with E-state index in [2.05, 4.69) is 27.4 Å². The highest BCUT2D eigenvalue weighted by atomic mass is 16.4. The molecule has 0 aliphatic carbocycles. The average molecular weight is 156 g/mol. The summed E-state index contributed by atoms with van der Waals surface area (Å²) < 4.78 is 0. The van der Waals surface area contributed by atoms with E-state index in [-0.39, 0.29) is 11.8 Å². The fourth-order valence-electron chi connectivity index (χ4n) is 1.03. The second kappa shape index (κ2) is 3.56. The molecule has 0 aromatic carbocycles. The monoisotopic (exact) mass is 156 g/mol.